The van der Waals surface area contributed by atoms with E-state index in [2.05, 4.69) is 0 Å². The van der Waals surface area contributed by atoms with Crippen molar-refractivity contribution in [1.29, 1.82) is 0 Å². The summed E-state index contributed by atoms with van der Waals surface area (Å²) in [4.78, 5) is -0.386. The Kier molecular flexibility index (Phi) is 5.11. The Hall–Kier alpha value is -1.48. The van der Waals surface area contributed by atoms with Crippen molar-refractivity contribution in [3.8, 4) is 5.75 Å². The molecule has 9 heteroatoms. The van der Waals surface area contributed by atoms with E-state index >= 15 is 0 Å². The van der Waals surface area contributed by atoms with Crippen LogP contribution in [0.5, 0.6) is 5.75 Å². The van der Waals surface area contributed by atoms with Crippen LogP contribution in [0.15, 0.2) is 23.1 Å². The van der Waals surface area contributed by atoms with Gasteiger partial charge in [-0.3, -0.25) is 0 Å². The van der Waals surface area contributed by atoms with Crippen molar-refractivity contribution in [3.05, 3.63) is 18.2 Å². The molecule has 1 aromatic rings. The lowest BCUT2D eigenvalue weighted by Crippen LogP contribution is -2.41. The van der Waals surface area contributed by atoms with E-state index in [4.69, 9.17) is 5.73 Å². The Morgan fingerprint density at radius 3 is 2.33 bits per heavy atom. The first-order valence-electron chi connectivity index (χ1n) is 6.09. The smallest absolute Gasteiger partial charge is 0.402 e. The minimum Gasteiger partial charge on any atom is -0.506 e. The summed E-state index contributed by atoms with van der Waals surface area (Å²) in [5, 5.41) is 9.27. The predicted molar refractivity (Wildman–Crippen MR) is 72.2 cm³/mol. The van der Waals surface area contributed by atoms with Crippen molar-refractivity contribution in [2.75, 3.05) is 18.8 Å². The van der Waals surface area contributed by atoms with Gasteiger partial charge in [0.2, 0.25) is 10.0 Å². The van der Waals surface area contributed by atoms with Gasteiger partial charge in [0.25, 0.3) is 0 Å². The largest absolute Gasteiger partial charge is 0.506 e. The number of nitrogens with two attached hydrogens (primary N) is 1. The number of halogens is 3. The van der Waals surface area contributed by atoms with E-state index < -0.39 is 22.7 Å². The SMILES string of the molecule is CC(C)CN(CC(F)(F)F)S(=O)(=O)c1ccc(O)c(N)c1. The Morgan fingerprint density at radius 2 is 1.90 bits per heavy atom. The van der Waals surface area contributed by atoms with Crippen molar-refractivity contribution in [2.24, 2.45) is 5.92 Å². The fourth-order valence-corrected chi connectivity index (χ4v) is 3.32. The molecular weight excluding hydrogens is 309 g/mol. The van der Waals surface area contributed by atoms with Crippen molar-refractivity contribution < 1.29 is 26.7 Å². The topological polar surface area (TPSA) is 83.6 Å². The molecule has 0 atom stereocenters. The lowest BCUT2D eigenvalue weighted by molar-refractivity contribution is -0.136. The quantitative estimate of drug-likeness (QED) is 0.642. The number of phenols is 1. The number of anilines is 1. The Morgan fingerprint density at radius 1 is 1.33 bits per heavy atom. The van der Waals surface area contributed by atoms with E-state index in [1.165, 1.54) is 0 Å². The number of hydrogen-bond acceptors (Lipinski definition) is 4. The molecule has 0 fully saturated rings. The van der Waals surface area contributed by atoms with Crippen molar-refractivity contribution >= 4 is 15.7 Å². The summed E-state index contributed by atoms with van der Waals surface area (Å²) >= 11 is 0. The van der Waals surface area contributed by atoms with Crippen molar-refractivity contribution in [1.82, 2.24) is 4.31 Å². The minimum absolute atomic E-state index is 0.215. The first-order chi connectivity index (χ1) is 9.43. The third-order valence-electron chi connectivity index (χ3n) is 2.56. The molecule has 0 bridgehead atoms. The predicted octanol–water partition coefficient (Wildman–Crippen LogP) is 2.18. The summed E-state index contributed by atoms with van der Waals surface area (Å²) in [6.07, 6.45) is -4.65. The summed E-state index contributed by atoms with van der Waals surface area (Å²) in [6.45, 7) is 1.38. The second-order valence-electron chi connectivity index (χ2n) is 5.03. The number of sulfonamides is 1. The monoisotopic (exact) mass is 326 g/mol. The Bertz CT molecular complexity index is 600. The molecular formula is C12H17F3N2O3S. The van der Waals surface area contributed by atoms with Crippen LogP contribution in [0.25, 0.3) is 0 Å². The van der Waals surface area contributed by atoms with Gasteiger partial charge in [0.05, 0.1) is 10.6 Å². The van der Waals surface area contributed by atoms with E-state index in [-0.39, 0.29) is 28.8 Å². The van der Waals surface area contributed by atoms with E-state index in [1.54, 1.807) is 13.8 Å². The van der Waals surface area contributed by atoms with Crippen LogP contribution in [0.4, 0.5) is 18.9 Å². The van der Waals surface area contributed by atoms with Crippen LogP contribution in [-0.2, 0) is 10.0 Å². The number of alkyl halides is 3. The van der Waals surface area contributed by atoms with E-state index in [0.29, 0.717) is 4.31 Å². The van der Waals surface area contributed by atoms with Crippen LogP contribution in [0.3, 0.4) is 0 Å². The molecule has 21 heavy (non-hydrogen) atoms. The molecule has 0 aromatic heterocycles. The zero-order valence-electron chi connectivity index (χ0n) is 11.6. The second kappa shape index (κ2) is 6.10. The highest BCUT2D eigenvalue weighted by Crippen LogP contribution is 2.28. The number of nitrogens with zero attached hydrogens (tertiary/aromatic N) is 1. The fraction of sp³-hybridized carbons (Fsp3) is 0.500. The molecule has 0 saturated heterocycles. The van der Waals surface area contributed by atoms with Gasteiger partial charge in [0.15, 0.2) is 0 Å². The van der Waals surface area contributed by atoms with Gasteiger partial charge in [0, 0.05) is 6.54 Å². The number of rotatable bonds is 5. The van der Waals surface area contributed by atoms with Gasteiger partial charge in [-0.1, -0.05) is 13.8 Å². The molecule has 5 nitrogen and oxygen atoms in total. The summed E-state index contributed by atoms with van der Waals surface area (Å²) in [5.41, 5.74) is 5.18. The molecule has 0 spiro atoms. The maximum atomic E-state index is 12.6. The zero-order chi connectivity index (χ0) is 16.4. The number of nitrogen functional groups attached to an aromatic ring is 1. The van der Waals surface area contributed by atoms with Crippen LogP contribution in [0.1, 0.15) is 13.8 Å². The van der Waals surface area contributed by atoms with Gasteiger partial charge in [-0.05, 0) is 24.1 Å². The summed E-state index contributed by atoms with van der Waals surface area (Å²) in [7, 11) is -4.35. The normalized spacial score (nSPS) is 13.1. The van der Waals surface area contributed by atoms with Gasteiger partial charge in [0.1, 0.15) is 12.3 Å². The minimum atomic E-state index is -4.65. The molecule has 0 aliphatic heterocycles. The second-order valence-corrected chi connectivity index (χ2v) is 6.97. The van der Waals surface area contributed by atoms with Crippen molar-refractivity contribution in [3.63, 3.8) is 0 Å². The molecule has 0 amide bonds. The summed E-state index contributed by atoms with van der Waals surface area (Å²) in [6, 6.07) is 2.99. The number of benzene rings is 1. The van der Waals surface area contributed by atoms with Gasteiger partial charge in [-0.2, -0.15) is 17.5 Å². The average Bonchev–Trinajstić information content (AvgIpc) is 2.29. The zero-order valence-corrected chi connectivity index (χ0v) is 12.4. The Balaban J connectivity index is 3.22. The first-order valence-corrected chi connectivity index (χ1v) is 7.53. The first kappa shape index (κ1) is 17.6. The molecule has 1 rings (SSSR count). The summed E-state index contributed by atoms with van der Waals surface area (Å²) in [5.74, 6) is -0.614. The standard InChI is InChI=1S/C12H17F3N2O3S/c1-8(2)6-17(7-12(13,14)15)21(19,20)9-3-4-11(18)10(16)5-9/h3-5,8,18H,6-7,16H2,1-2H3. The highest BCUT2D eigenvalue weighted by atomic mass is 32.2. The molecule has 0 saturated carbocycles. The van der Waals surface area contributed by atoms with Crippen LogP contribution in [-0.4, -0.2) is 37.1 Å². The van der Waals surface area contributed by atoms with Crippen LogP contribution in [0.2, 0.25) is 0 Å². The molecule has 0 unspecified atom stereocenters. The highest BCUT2D eigenvalue weighted by molar-refractivity contribution is 7.89. The Labute approximate surface area is 121 Å². The molecule has 3 N–H and O–H groups in total. The maximum Gasteiger partial charge on any atom is 0.402 e. The lowest BCUT2D eigenvalue weighted by Gasteiger charge is -2.25. The van der Waals surface area contributed by atoms with Crippen LogP contribution >= 0.6 is 0 Å². The van der Waals surface area contributed by atoms with Crippen LogP contribution < -0.4 is 5.73 Å². The molecule has 0 aliphatic rings. The number of hydrogen-bond donors (Lipinski definition) is 2. The van der Waals surface area contributed by atoms with E-state index in [9.17, 15) is 26.7 Å². The molecule has 0 aliphatic carbocycles. The molecule has 120 valence electrons. The van der Waals surface area contributed by atoms with E-state index in [1.807, 2.05) is 0 Å². The molecule has 1 aromatic carbocycles. The lowest BCUT2D eigenvalue weighted by atomic mass is 10.2. The van der Waals surface area contributed by atoms with Gasteiger partial charge >= 0.3 is 6.18 Å². The van der Waals surface area contributed by atoms with Crippen LogP contribution in [0, 0.1) is 5.92 Å². The van der Waals surface area contributed by atoms with Crippen molar-refractivity contribution in [2.45, 2.75) is 24.9 Å². The summed E-state index contributed by atoms with van der Waals surface area (Å²) < 4.78 is 62.7. The molecule has 0 radical (unpaired) electrons. The van der Waals surface area contributed by atoms with Gasteiger partial charge < -0.3 is 10.8 Å². The third kappa shape index (κ3) is 4.78. The highest BCUT2D eigenvalue weighted by Gasteiger charge is 2.37. The van der Waals surface area contributed by atoms with Gasteiger partial charge in [-0.25, -0.2) is 8.42 Å². The maximum absolute atomic E-state index is 12.6. The fourth-order valence-electron chi connectivity index (χ4n) is 1.70. The average molecular weight is 326 g/mol. The number of aromatic hydroxyl groups is 1. The van der Waals surface area contributed by atoms with Gasteiger partial charge in [-0.15, -0.1) is 0 Å². The van der Waals surface area contributed by atoms with E-state index in [0.717, 1.165) is 18.2 Å². The number of phenolic OH excluding ortho intramolecular Hbond substituents is 1. The molecule has 0 heterocycles. The third-order valence-corrected chi connectivity index (χ3v) is 4.37.